The van der Waals surface area contributed by atoms with Crippen molar-refractivity contribution in [1.82, 2.24) is 0 Å². The average molecular weight is 259 g/mol. The van der Waals surface area contributed by atoms with Crippen molar-refractivity contribution in [3.05, 3.63) is 12.7 Å². The van der Waals surface area contributed by atoms with Gasteiger partial charge in [-0.3, -0.25) is 0 Å². The quantitative estimate of drug-likeness (QED) is 0.416. The molecule has 0 saturated heterocycles. The number of nitrogens with zero attached hydrogens (tertiary/aromatic N) is 1. The molecule has 0 aliphatic heterocycles. The monoisotopic (exact) mass is 259 g/mol. The molecule has 0 aromatic rings. The van der Waals surface area contributed by atoms with Crippen LogP contribution in [0.4, 0.5) is 0 Å². The minimum atomic E-state index is -1.27. The maximum absolute atomic E-state index is 12.0. The Morgan fingerprint density at radius 2 is 2.12 bits per heavy atom. The molecule has 0 fully saturated rings. The van der Waals surface area contributed by atoms with E-state index in [0.29, 0.717) is 5.90 Å². The summed E-state index contributed by atoms with van der Waals surface area (Å²) in [5, 5.41) is 0. The predicted octanol–water partition coefficient (Wildman–Crippen LogP) is 3.49. The van der Waals surface area contributed by atoms with Crippen LogP contribution < -0.4 is 0 Å². The summed E-state index contributed by atoms with van der Waals surface area (Å²) in [6, 6.07) is 0. The van der Waals surface area contributed by atoms with Crippen molar-refractivity contribution in [1.29, 1.82) is 0 Å². The van der Waals surface area contributed by atoms with E-state index in [9.17, 15) is 4.21 Å². The molecule has 0 heterocycles. The van der Waals surface area contributed by atoms with E-state index in [0.717, 1.165) is 19.3 Å². The number of methoxy groups -OCH3 is 1. The standard InChI is InChI=1S/C13H25NO2S/c1-7-9-11(10-8-2)12(16-6)14-17(15)13(3,4)5/h7,11H,1,8-10H2,2-6H3/b14-12-/t11-,17+/m0/s1. The van der Waals surface area contributed by atoms with Crippen molar-refractivity contribution in [2.75, 3.05) is 7.11 Å². The fraction of sp³-hybridized carbons (Fsp3) is 0.769. The highest BCUT2D eigenvalue weighted by Crippen LogP contribution is 2.18. The lowest BCUT2D eigenvalue weighted by Crippen LogP contribution is -2.24. The summed E-state index contributed by atoms with van der Waals surface area (Å²) in [6.07, 6.45) is 4.68. The van der Waals surface area contributed by atoms with Crippen LogP contribution in [0.3, 0.4) is 0 Å². The summed E-state index contributed by atoms with van der Waals surface area (Å²) in [6.45, 7) is 11.6. The van der Waals surface area contributed by atoms with Crippen LogP contribution in [0.5, 0.6) is 0 Å². The van der Waals surface area contributed by atoms with Gasteiger partial charge in [-0.2, -0.15) is 4.40 Å². The van der Waals surface area contributed by atoms with Crippen molar-refractivity contribution in [2.24, 2.45) is 10.3 Å². The summed E-state index contributed by atoms with van der Waals surface area (Å²) >= 11 is 0. The largest absolute Gasteiger partial charge is 0.483 e. The fourth-order valence-corrected chi connectivity index (χ4v) is 2.05. The Kier molecular flexibility index (Phi) is 7.35. The second-order valence-corrected chi connectivity index (χ2v) is 6.91. The summed E-state index contributed by atoms with van der Waals surface area (Å²) in [4.78, 5) is 0. The second kappa shape index (κ2) is 7.64. The highest BCUT2D eigenvalue weighted by Gasteiger charge is 2.22. The Bertz CT molecular complexity index is 292. The fourth-order valence-electron chi connectivity index (χ4n) is 1.39. The Hall–Kier alpha value is -0.640. The Balaban J connectivity index is 4.94. The molecule has 0 aliphatic rings. The van der Waals surface area contributed by atoms with Gasteiger partial charge < -0.3 is 4.74 Å². The predicted molar refractivity (Wildman–Crippen MR) is 75.6 cm³/mol. The molecule has 0 radical (unpaired) electrons. The van der Waals surface area contributed by atoms with Crippen molar-refractivity contribution in [3.63, 3.8) is 0 Å². The number of allylic oxidation sites excluding steroid dienone is 1. The Morgan fingerprint density at radius 1 is 1.53 bits per heavy atom. The van der Waals surface area contributed by atoms with Crippen LogP contribution in [-0.4, -0.2) is 22.0 Å². The summed E-state index contributed by atoms with van der Waals surface area (Å²) < 4.78 is 21.1. The van der Waals surface area contributed by atoms with Gasteiger partial charge in [-0.05, 0) is 33.6 Å². The van der Waals surface area contributed by atoms with E-state index in [4.69, 9.17) is 4.74 Å². The van der Waals surface area contributed by atoms with Gasteiger partial charge in [0, 0.05) is 5.92 Å². The first-order chi connectivity index (χ1) is 7.86. The lowest BCUT2D eigenvalue weighted by atomic mass is 10.00. The Morgan fingerprint density at radius 3 is 2.47 bits per heavy atom. The molecule has 0 aromatic heterocycles. The number of hydrogen-bond donors (Lipinski definition) is 0. The topological polar surface area (TPSA) is 38.7 Å². The third-order valence-corrected chi connectivity index (χ3v) is 3.74. The van der Waals surface area contributed by atoms with Gasteiger partial charge in [0.05, 0.1) is 11.9 Å². The molecule has 0 bridgehead atoms. The molecule has 17 heavy (non-hydrogen) atoms. The van der Waals surface area contributed by atoms with Crippen LogP contribution in [0.1, 0.15) is 47.0 Å². The Labute approximate surface area is 108 Å². The van der Waals surface area contributed by atoms with E-state index in [1.54, 1.807) is 7.11 Å². The molecule has 2 atom stereocenters. The third-order valence-electron chi connectivity index (χ3n) is 2.34. The van der Waals surface area contributed by atoms with Gasteiger partial charge in [-0.15, -0.1) is 6.58 Å². The first-order valence-corrected chi connectivity index (χ1v) is 7.12. The van der Waals surface area contributed by atoms with Crippen LogP contribution in [0.2, 0.25) is 0 Å². The van der Waals surface area contributed by atoms with E-state index in [1.165, 1.54) is 0 Å². The number of hydrogen-bond acceptors (Lipinski definition) is 2. The van der Waals surface area contributed by atoms with E-state index in [2.05, 4.69) is 17.9 Å². The molecule has 0 N–H and O–H groups in total. The maximum atomic E-state index is 12.0. The van der Waals surface area contributed by atoms with Gasteiger partial charge in [0.1, 0.15) is 11.0 Å². The van der Waals surface area contributed by atoms with Crippen LogP contribution in [-0.2, 0) is 15.7 Å². The molecule has 0 aliphatic carbocycles. The maximum Gasteiger partial charge on any atom is 0.200 e. The van der Waals surface area contributed by atoms with Crippen LogP contribution in [0.15, 0.2) is 17.1 Å². The zero-order valence-corrected chi connectivity index (χ0v) is 12.5. The van der Waals surface area contributed by atoms with Crippen LogP contribution in [0.25, 0.3) is 0 Å². The molecule has 0 rings (SSSR count). The molecule has 0 unspecified atom stereocenters. The summed E-state index contributed by atoms with van der Waals surface area (Å²) in [7, 11) is 0.321. The van der Waals surface area contributed by atoms with Crippen LogP contribution in [0, 0.1) is 5.92 Å². The van der Waals surface area contributed by atoms with Crippen molar-refractivity contribution in [3.8, 4) is 0 Å². The normalized spacial score (nSPS) is 16.4. The minimum absolute atomic E-state index is 0.189. The highest BCUT2D eigenvalue weighted by molar-refractivity contribution is 7.85. The third kappa shape index (κ3) is 6.01. The van der Waals surface area contributed by atoms with E-state index in [1.807, 2.05) is 26.8 Å². The minimum Gasteiger partial charge on any atom is -0.483 e. The smallest absolute Gasteiger partial charge is 0.200 e. The van der Waals surface area contributed by atoms with E-state index in [-0.39, 0.29) is 10.7 Å². The first-order valence-electron chi connectivity index (χ1n) is 6.02. The first kappa shape index (κ1) is 16.4. The van der Waals surface area contributed by atoms with Gasteiger partial charge in [0.25, 0.3) is 0 Å². The molecule has 0 aromatic carbocycles. The molecule has 0 amide bonds. The van der Waals surface area contributed by atoms with Crippen LogP contribution >= 0.6 is 0 Å². The van der Waals surface area contributed by atoms with Gasteiger partial charge in [-0.25, -0.2) is 4.21 Å². The second-order valence-electron chi connectivity index (χ2n) is 5.01. The molecular weight excluding hydrogens is 234 g/mol. The molecule has 4 heteroatoms. The van der Waals surface area contributed by atoms with E-state index >= 15 is 0 Å². The lowest BCUT2D eigenvalue weighted by Gasteiger charge is -2.18. The molecule has 0 saturated carbocycles. The highest BCUT2D eigenvalue weighted by atomic mass is 32.2. The SMILES string of the molecule is C=CC[C@@H](CCC)/C(=N/[S@](=O)C(C)(C)C)OC. The van der Waals surface area contributed by atoms with Crippen molar-refractivity contribution in [2.45, 2.75) is 51.7 Å². The number of ether oxygens (including phenoxy) is 1. The molecule has 100 valence electrons. The van der Waals surface area contributed by atoms with Gasteiger partial charge in [0.2, 0.25) is 5.90 Å². The molecule has 0 spiro atoms. The number of rotatable bonds is 6. The zero-order valence-electron chi connectivity index (χ0n) is 11.7. The van der Waals surface area contributed by atoms with Gasteiger partial charge in [0.15, 0.2) is 0 Å². The van der Waals surface area contributed by atoms with Gasteiger partial charge >= 0.3 is 0 Å². The summed E-state index contributed by atoms with van der Waals surface area (Å²) in [5.41, 5.74) is 0. The summed E-state index contributed by atoms with van der Waals surface area (Å²) in [5.74, 6) is 0.772. The van der Waals surface area contributed by atoms with Crippen molar-refractivity contribution >= 4 is 16.9 Å². The molecule has 3 nitrogen and oxygen atoms in total. The average Bonchev–Trinajstić information content (AvgIpc) is 2.24. The molecular formula is C13H25NO2S. The van der Waals surface area contributed by atoms with Crippen molar-refractivity contribution < 1.29 is 8.95 Å². The zero-order chi connectivity index (χ0) is 13.5. The van der Waals surface area contributed by atoms with E-state index < -0.39 is 11.0 Å². The van der Waals surface area contributed by atoms with Gasteiger partial charge in [-0.1, -0.05) is 19.4 Å². The lowest BCUT2D eigenvalue weighted by molar-refractivity contribution is 0.359.